The van der Waals surface area contributed by atoms with E-state index >= 15 is 0 Å². The van der Waals surface area contributed by atoms with Crippen molar-refractivity contribution in [2.75, 3.05) is 11.9 Å². The van der Waals surface area contributed by atoms with Gasteiger partial charge in [0, 0.05) is 19.5 Å². The molecule has 0 saturated carbocycles. The molecule has 0 radical (unpaired) electrons. The van der Waals surface area contributed by atoms with E-state index in [2.05, 4.69) is 10.2 Å². The third-order valence-electron chi connectivity index (χ3n) is 2.47. The van der Waals surface area contributed by atoms with Gasteiger partial charge in [-0.1, -0.05) is 41.2 Å². The lowest BCUT2D eigenvalue weighted by Crippen LogP contribution is -2.22. The molecule has 0 N–H and O–H groups in total. The smallest absolute Gasteiger partial charge is 0.225 e. The fraction of sp³-hybridized carbons (Fsp3) is 0.250. The van der Waals surface area contributed by atoms with Gasteiger partial charge in [-0.05, 0) is 6.92 Å². The Morgan fingerprint density at radius 2 is 1.88 bits per heavy atom. The lowest BCUT2D eigenvalue weighted by Gasteiger charge is -2.08. The first kappa shape index (κ1) is 11.7. The van der Waals surface area contributed by atoms with Crippen LogP contribution < -0.4 is 4.90 Å². The first-order chi connectivity index (χ1) is 8.08. The van der Waals surface area contributed by atoms with Crippen LogP contribution in [0.1, 0.15) is 12.5 Å². The van der Waals surface area contributed by atoms with Crippen LogP contribution in [0.5, 0.6) is 0 Å². The number of anilines is 1. The highest BCUT2D eigenvalue weighted by Gasteiger charge is 2.12. The van der Waals surface area contributed by atoms with E-state index in [4.69, 9.17) is 0 Å². The zero-order valence-electron chi connectivity index (χ0n) is 9.97. The van der Waals surface area contributed by atoms with E-state index in [9.17, 15) is 4.79 Å². The second-order valence-electron chi connectivity index (χ2n) is 3.83. The molecule has 2 aromatic rings. The molecule has 4 nitrogen and oxygen atoms in total. The molecule has 1 aromatic heterocycles. The standard InChI is InChI=1S/C12H13N3OS/c1-8-4-6-10(7-5-8)11-13-14-12(17-11)15(3)9(2)16/h4-7H,1-3H3. The number of hydrogen-bond donors (Lipinski definition) is 0. The predicted octanol–water partition coefficient (Wildman–Crippen LogP) is 2.50. The Morgan fingerprint density at radius 3 is 2.47 bits per heavy atom. The molecule has 0 bridgehead atoms. The predicted molar refractivity (Wildman–Crippen MR) is 69.2 cm³/mol. The molecular weight excluding hydrogens is 234 g/mol. The minimum atomic E-state index is -0.0448. The van der Waals surface area contributed by atoms with Gasteiger partial charge in [-0.3, -0.25) is 9.69 Å². The summed E-state index contributed by atoms with van der Waals surface area (Å²) < 4.78 is 0. The van der Waals surface area contributed by atoms with Crippen LogP contribution in [0.15, 0.2) is 24.3 Å². The number of amides is 1. The van der Waals surface area contributed by atoms with E-state index in [1.54, 1.807) is 7.05 Å². The van der Waals surface area contributed by atoms with Crippen LogP contribution >= 0.6 is 11.3 Å². The van der Waals surface area contributed by atoms with Crippen LogP contribution in [-0.2, 0) is 4.79 Å². The molecule has 0 fully saturated rings. The third kappa shape index (κ3) is 2.50. The first-order valence-electron chi connectivity index (χ1n) is 5.23. The van der Waals surface area contributed by atoms with Gasteiger partial charge < -0.3 is 0 Å². The van der Waals surface area contributed by atoms with Crippen molar-refractivity contribution in [3.05, 3.63) is 29.8 Å². The van der Waals surface area contributed by atoms with Gasteiger partial charge >= 0.3 is 0 Å². The fourth-order valence-electron chi connectivity index (χ4n) is 1.30. The molecule has 88 valence electrons. The van der Waals surface area contributed by atoms with Crippen LogP contribution in [-0.4, -0.2) is 23.2 Å². The molecule has 0 atom stereocenters. The molecular formula is C12H13N3OS. The van der Waals surface area contributed by atoms with Gasteiger partial charge in [-0.15, -0.1) is 10.2 Å². The van der Waals surface area contributed by atoms with Crippen LogP contribution in [0, 0.1) is 6.92 Å². The van der Waals surface area contributed by atoms with Crippen molar-refractivity contribution in [1.82, 2.24) is 10.2 Å². The average molecular weight is 247 g/mol. The SMILES string of the molecule is CC(=O)N(C)c1nnc(-c2ccc(C)cc2)s1. The van der Waals surface area contributed by atoms with E-state index in [0.717, 1.165) is 10.6 Å². The summed E-state index contributed by atoms with van der Waals surface area (Å²) in [6, 6.07) is 8.08. The quantitative estimate of drug-likeness (QED) is 0.819. The minimum absolute atomic E-state index is 0.0448. The van der Waals surface area contributed by atoms with Gasteiger partial charge in [0.1, 0.15) is 5.01 Å². The van der Waals surface area contributed by atoms with Gasteiger partial charge in [0.25, 0.3) is 0 Å². The third-order valence-corrected chi connectivity index (χ3v) is 3.52. The van der Waals surface area contributed by atoms with Crippen LogP contribution in [0.4, 0.5) is 5.13 Å². The second kappa shape index (κ2) is 4.63. The van der Waals surface area contributed by atoms with Gasteiger partial charge in [-0.25, -0.2) is 0 Å². The minimum Gasteiger partial charge on any atom is -0.290 e. The number of nitrogens with zero attached hydrogens (tertiary/aromatic N) is 3. The zero-order valence-corrected chi connectivity index (χ0v) is 10.8. The normalized spacial score (nSPS) is 10.3. The Bertz CT molecular complexity index is 533. The summed E-state index contributed by atoms with van der Waals surface area (Å²) in [6.07, 6.45) is 0. The largest absolute Gasteiger partial charge is 0.290 e. The topological polar surface area (TPSA) is 46.1 Å². The molecule has 17 heavy (non-hydrogen) atoms. The van der Waals surface area contributed by atoms with Crippen molar-refractivity contribution < 1.29 is 4.79 Å². The van der Waals surface area contributed by atoms with Crippen molar-refractivity contribution >= 4 is 22.4 Å². The summed E-state index contributed by atoms with van der Waals surface area (Å²) in [7, 11) is 1.70. The maximum Gasteiger partial charge on any atom is 0.225 e. The monoisotopic (exact) mass is 247 g/mol. The number of aromatic nitrogens is 2. The summed E-state index contributed by atoms with van der Waals surface area (Å²) >= 11 is 1.41. The Labute approximate surface area is 104 Å². The average Bonchev–Trinajstić information content (AvgIpc) is 2.78. The van der Waals surface area contributed by atoms with Crippen LogP contribution in [0.3, 0.4) is 0 Å². The molecule has 0 aliphatic rings. The Balaban J connectivity index is 2.29. The molecule has 0 aliphatic carbocycles. The summed E-state index contributed by atoms with van der Waals surface area (Å²) in [4.78, 5) is 12.7. The molecule has 2 rings (SSSR count). The molecule has 0 aliphatic heterocycles. The van der Waals surface area contributed by atoms with Crippen molar-refractivity contribution in [2.45, 2.75) is 13.8 Å². The van der Waals surface area contributed by atoms with Gasteiger partial charge in [0.05, 0.1) is 0 Å². The number of carbonyl (C=O) groups is 1. The van der Waals surface area contributed by atoms with Gasteiger partial charge in [0.15, 0.2) is 0 Å². The lowest BCUT2D eigenvalue weighted by atomic mass is 10.2. The molecule has 1 aromatic carbocycles. The van der Waals surface area contributed by atoms with E-state index in [1.165, 1.54) is 28.7 Å². The van der Waals surface area contributed by atoms with E-state index in [0.29, 0.717) is 5.13 Å². The molecule has 0 spiro atoms. The number of carbonyl (C=O) groups excluding carboxylic acids is 1. The molecule has 0 unspecified atom stereocenters. The maximum absolute atomic E-state index is 11.2. The fourth-order valence-corrected chi connectivity index (χ4v) is 2.15. The van der Waals surface area contributed by atoms with E-state index < -0.39 is 0 Å². The van der Waals surface area contributed by atoms with Crippen LogP contribution in [0.25, 0.3) is 10.6 Å². The van der Waals surface area contributed by atoms with Crippen molar-refractivity contribution in [1.29, 1.82) is 0 Å². The second-order valence-corrected chi connectivity index (χ2v) is 4.79. The molecule has 5 heteroatoms. The zero-order chi connectivity index (χ0) is 12.4. The number of aryl methyl sites for hydroxylation is 1. The highest BCUT2D eigenvalue weighted by atomic mass is 32.1. The summed E-state index contributed by atoms with van der Waals surface area (Å²) in [5.74, 6) is -0.0448. The summed E-state index contributed by atoms with van der Waals surface area (Å²) in [5.41, 5.74) is 2.23. The van der Waals surface area contributed by atoms with Crippen molar-refractivity contribution in [3.8, 4) is 10.6 Å². The highest BCUT2D eigenvalue weighted by Crippen LogP contribution is 2.28. The Hall–Kier alpha value is -1.75. The molecule has 0 saturated heterocycles. The first-order valence-corrected chi connectivity index (χ1v) is 6.04. The summed E-state index contributed by atoms with van der Waals surface area (Å²) in [6.45, 7) is 3.55. The number of benzene rings is 1. The lowest BCUT2D eigenvalue weighted by molar-refractivity contribution is -0.116. The van der Waals surface area contributed by atoms with Crippen LogP contribution in [0.2, 0.25) is 0 Å². The van der Waals surface area contributed by atoms with Gasteiger partial charge in [0.2, 0.25) is 11.0 Å². The van der Waals surface area contributed by atoms with Crippen molar-refractivity contribution in [2.24, 2.45) is 0 Å². The van der Waals surface area contributed by atoms with E-state index in [1.807, 2.05) is 31.2 Å². The molecule has 1 amide bonds. The van der Waals surface area contributed by atoms with Gasteiger partial charge in [-0.2, -0.15) is 0 Å². The Kier molecular flexibility index (Phi) is 3.19. The van der Waals surface area contributed by atoms with E-state index in [-0.39, 0.29) is 5.91 Å². The highest BCUT2D eigenvalue weighted by molar-refractivity contribution is 7.18. The Morgan fingerprint density at radius 1 is 1.24 bits per heavy atom. The number of rotatable bonds is 2. The molecule has 1 heterocycles. The van der Waals surface area contributed by atoms with Crippen molar-refractivity contribution in [3.63, 3.8) is 0 Å². The summed E-state index contributed by atoms with van der Waals surface area (Å²) in [5, 5.41) is 9.55. The number of hydrogen-bond acceptors (Lipinski definition) is 4. The maximum atomic E-state index is 11.2.